The topological polar surface area (TPSA) is 15.3 Å². The summed E-state index contributed by atoms with van der Waals surface area (Å²) in [5.74, 6) is 4.64. The molecule has 0 saturated carbocycles. The summed E-state index contributed by atoms with van der Waals surface area (Å²) in [6, 6.07) is 0. The van der Waals surface area contributed by atoms with Crippen LogP contribution in [-0.2, 0) is 0 Å². The predicted molar refractivity (Wildman–Crippen MR) is 63.9 cm³/mol. The molecule has 0 aromatic carbocycles. The molecule has 0 radical (unpaired) electrons. The van der Waals surface area contributed by atoms with E-state index < -0.39 is 0 Å². The zero-order chi connectivity index (χ0) is 9.80. The maximum absolute atomic E-state index is 3.65. The zero-order valence-corrected chi connectivity index (χ0v) is 9.98. The Hall–Kier alpha value is 0.270. The third-order valence-corrected chi connectivity index (χ3v) is 4.61. The van der Waals surface area contributed by atoms with Gasteiger partial charge in [0.2, 0.25) is 0 Å². The maximum Gasteiger partial charge on any atom is 0.00192 e. The van der Waals surface area contributed by atoms with Gasteiger partial charge in [-0.1, -0.05) is 0 Å². The Morgan fingerprint density at radius 2 is 2.14 bits per heavy atom. The smallest absolute Gasteiger partial charge is 0.00192 e. The van der Waals surface area contributed by atoms with Crippen LogP contribution in [0, 0.1) is 11.8 Å². The van der Waals surface area contributed by atoms with Crippen LogP contribution in [-0.4, -0.2) is 49.6 Å². The molecule has 82 valence electrons. The first-order chi connectivity index (χ1) is 6.84. The first-order valence-electron chi connectivity index (χ1n) is 5.81. The van der Waals surface area contributed by atoms with Crippen molar-refractivity contribution >= 4 is 11.8 Å². The summed E-state index contributed by atoms with van der Waals surface area (Å²) in [5.41, 5.74) is 0. The minimum atomic E-state index is 0.911. The van der Waals surface area contributed by atoms with Crippen LogP contribution in [0.25, 0.3) is 0 Å². The molecule has 0 bridgehead atoms. The molecular weight excluding hydrogens is 192 g/mol. The van der Waals surface area contributed by atoms with Gasteiger partial charge >= 0.3 is 0 Å². The molecule has 3 heteroatoms. The lowest BCUT2D eigenvalue weighted by molar-refractivity contribution is 0.383. The Labute approximate surface area is 91.8 Å². The molecule has 2 heterocycles. The van der Waals surface area contributed by atoms with Gasteiger partial charge in [-0.25, -0.2) is 0 Å². The average molecular weight is 214 g/mol. The molecule has 0 amide bonds. The highest BCUT2D eigenvalue weighted by Crippen LogP contribution is 2.22. The normalized spacial score (nSPS) is 34.1. The highest BCUT2D eigenvalue weighted by atomic mass is 32.2. The van der Waals surface area contributed by atoms with E-state index in [2.05, 4.69) is 29.0 Å². The molecule has 0 spiro atoms. The predicted octanol–water partition coefficient (Wildman–Crippen LogP) is 1.28. The molecule has 14 heavy (non-hydrogen) atoms. The van der Waals surface area contributed by atoms with Crippen LogP contribution in [0.3, 0.4) is 0 Å². The highest BCUT2D eigenvalue weighted by molar-refractivity contribution is 7.99. The summed E-state index contributed by atoms with van der Waals surface area (Å²) in [6.07, 6.45) is 2.82. The Morgan fingerprint density at radius 3 is 2.79 bits per heavy atom. The van der Waals surface area contributed by atoms with Crippen molar-refractivity contribution in [2.45, 2.75) is 12.8 Å². The fraction of sp³-hybridized carbons (Fsp3) is 1.00. The number of hydrogen-bond donors (Lipinski definition) is 1. The first-order valence-corrected chi connectivity index (χ1v) is 6.97. The lowest BCUT2D eigenvalue weighted by Gasteiger charge is -2.14. The maximum atomic E-state index is 3.65. The summed E-state index contributed by atoms with van der Waals surface area (Å²) in [7, 11) is 2.23. The second-order valence-corrected chi connectivity index (χ2v) is 5.95. The molecular formula is C11H22N2S. The van der Waals surface area contributed by atoms with Gasteiger partial charge in [0.05, 0.1) is 0 Å². The Bertz CT molecular complexity index is 169. The molecule has 2 fully saturated rings. The second kappa shape index (κ2) is 5.38. The quantitative estimate of drug-likeness (QED) is 0.759. The number of rotatable bonds is 4. The summed E-state index contributed by atoms with van der Waals surface area (Å²) in [5, 5.41) is 3.65. The molecule has 2 atom stereocenters. The van der Waals surface area contributed by atoms with E-state index in [1.165, 1.54) is 50.5 Å². The summed E-state index contributed by atoms with van der Waals surface area (Å²) in [6.45, 7) is 5.09. The molecule has 1 N–H and O–H groups in total. The van der Waals surface area contributed by atoms with Crippen molar-refractivity contribution in [2.75, 3.05) is 44.7 Å². The van der Waals surface area contributed by atoms with E-state index in [1.807, 2.05) is 0 Å². The van der Waals surface area contributed by atoms with E-state index in [9.17, 15) is 0 Å². The molecule has 2 rings (SSSR count). The monoisotopic (exact) mass is 214 g/mol. The zero-order valence-electron chi connectivity index (χ0n) is 9.17. The molecule has 2 saturated heterocycles. The molecule has 2 aliphatic rings. The number of nitrogens with zero attached hydrogens (tertiary/aromatic N) is 1. The van der Waals surface area contributed by atoms with Crippen molar-refractivity contribution in [1.82, 2.24) is 10.2 Å². The molecule has 0 aromatic rings. The van der Waals surface area contributed by atoms with Crippen LogP contribution in [0.2, 0.25) is 0 Å². The van der Waals surface area contributed by atoms with Gasteiger partial charge < -0.3 is 10.2 Å². The minimum Gasteiger partial charge on any atom is -0.316 e. The van der Waals surface area contributed by atoms with Crippen LogP contribution in [0.5, 0.6) is 0 Å². The molecule has 2 aliphatic heterocycles. The van der Waals surface area contributed by atoms with Gasteiger partial charge in [0.25, 0.3) is 0 Å². The number of hydrogen-bond acceptors (Lipinski definition) is 3. The molecule has 0 aliphatic carbocycles. The molecule has 0 aromatic heterocycles. The van der Waals surface area contributed by atoms with E-state index in [0.717, 1.165) is 11.8 Å². The van der Waals surface area contributed by atoms with Crippen molar-refractivity contribution < 1.29 is 0 Å². The number of likely N-dealkylation sites (tertiary alicyclic amines) is 1. The van der Waals surface area contributed by atoms with Crippen molar-refractivity contribution in [2.24, 2.45) is 11.8 Å². The Balaban J connectivity index is 1.54. The lowest BCUT2D eigenvalue weighted by atomic mass is 10.1. The fourth-order valence-corrected chi connectivity index (χ4v) is 3.71. The van der Waals surface area contributed by atoms with Gasteiger partial charge in [0.15, 0.2) is 0 Å². The summed E-state index contributed by atoms with van der Waals surface area (Å²) in [4.78, 5) is 2.44. The van der Waals surface area contributed by atoms with Crippen LogP contribution in [0.15, 0.2) is 0 Å². The van der Waals surface area contributed by atoms with Crippen molar-refractivity contribution in [3.63, 3.8) is 0 Å². The van der Waals surface area contributed by atoms with Crippen LogP contribution in [0.1, 0.15) is 12.8 Å². The Kier molecular flexibility index (Phi) is 4.14. The Morgan fingerprint density at radius 1 is 1.29 bits per heavy atom. The van der Waals surface area contributed by atoms with E-state index in [-0.39, 0.29) is 0 Å². The highest BCUT2D eigenvalue weighted by Gasteiger charge is 2.20. The number of nitrogens with one attached hydrogen (secondary N) is 1. The van der Waals surface area contributed by atoms with E-state index >= 15 is 0 Å². The average Bonchev–Trinajstić information content (AvgIpc) is 2.77. The summed E-state index contributed by atoms with van der Waals surface area (Å²) < 4.78 is 0. The largest absolute Gasteiger partial charge is 0.316 e. The van der Waals surface area contributed by atoms with E-state index in [0.29, 0.717) is 0 Å². The molecule has 2 unspecified atom stereocenters. The fourth-order valence-electron chi connectivity index (χ4n) is 2.43. The van der Waals surface area contributed by atoms with E-state index in [4.69, 9.17) is 0 Å². The first kappa shape index (κ1) is 10.8. The van der Waals surface area contributed by atoms with Crippen LogP contribution < -0.4 is 5.32 Å². The van der Waals surface area contributed by atoms with Gasteiger partial charge in [-0.15, -0.1) is 0 Å². The van der Waals surface area contributed by atoms with Crippen LogP contribution >= 0.6 is 11.8 Å². The minimum absolute atomic E-state index is 0.911. The lowest BCUT2D eigenvalue weighted by Crippen LogP contribution is -2.29. The number of thioether (sulfide) groups is 1. The SMILES string of the molecule is CN1CCC(CNCC2CCSC2)C1. The van der Waals surface area contributed by atoms with Crippen LogP contribution in [0.4, 0.5) is 0 Å². The van der Waals surface area contributed by atoms with Gasteiger partial charge in [-0.05, 0) is 62.9 Å². The van der Waals surface area contributed by atoms with Gasteiger partial charge in [0.1, 0.15) is 0 Å². The van der Waals surface area contributed by atoms with Crippen molar-refractivity contribution in [1.29, 1.82) is 0 Å². The molecule has 2 nitrogen and oxygen atoms in total. The van der Waals surface area contributed by atoms with Crippen molar-refractivity contribution in [3.8, 4) is 0 Å². The third kappa shape index (κ3) is 3.14. The van der Waals surface area contributed by atoms with Gasteiger partial charge in [-0.3, -0.25) is 0 Å². The standard InChI is InChI=1S/C11H22N2S/c1-13-4-2-10(8-13)6-12-7-11-3-5-14-9-11/h10-12H,2-9H2,1H3. The van der Waals surface area contributed by atoms with Crippen molar-refractivity contribution in [3.05, 3.63) is 0 Å². The second-order valence-electron chi connectivity index (χ2n) is 4.80. The van der Waals surface area contributed by atoms with Gasteiger partial charge in [-0.2, -0.15) is 11.8 Å². The van der Waals surface area contributed by atoms with E-state index in [1.54, 1.807) is 0 Å². The summed E-state index contributed by atoms with van der Waals surface area (Å²) >= 11 is 2.12. The van der Waals surface area contributed by atoms with Gasteiger partial charge in [0, 0.05) is 6.54 Å². The third-order valence-electron chi connectivity index (χ3n) is 3.38.